The molecule has 11 nitrogen and oxygen atoms in total. The molecule has 1 saturated heterocycles. The Hall–Kier alpha value is -2.88. The van der Waals surface area contributed by atoms with Crippen LogP contribution in [0.2, 0.25) is 5.02 Å². The molecule has 1 aliphatic heterocycles. The van der Waals surface area contributed by atoms with Gasteiger partial charge in [-0.15, -0.1) is 0 Å². The van der Waals surface area contributed by atoms with Gasteiger partial charge in [0, 0.05) is 30.8 Å². The highest BCUT2D eigenvalue weighted by Gasteiger charge is 2.43. The predicted octanol–water partition coefficient (Wildman–Crippen LogP) is 8.10. The van der Waals surface area contributed by atoms with Crippen LogP contribution in [0, 0.1) is 17.3 Å². The molecule has 2 aromatic rings. The molecule has 1 fully saturated rings. The molecule has 2 aromatic carbocycles. The smallest absolute Gasteiger partial charge is 0.345 e. The van der Waals surface area contributed by atoms with Crippen molar-refractivity contribution in [3.63, 3.8) is 0 Å². The maximum absolute atomic E-state index is 13.5. The van der Waals surface area contributed by atoms with E-state index >= 15 is 0 Å². The van der Waals surface area contributed by atoms with Gasteiger partial charge in [0.05, 0.1) is 23.7 Å². The fourth-order valence-corrected chi connectivity index (χ4v) is 8.47. The lowest BCUT2D eigenvalue weighted by molar-refractivity contribution is -0.171. The molecule has 1 unspecified atom stereocenters. The zero-order chi connectivity index (χ0) is 43.6. The average molecular weight is 883 g/mol. The molecule has 0 aliphatic carbocycles. The fraction of sp³-hybridized carbons (Fsp3) is 0.581. The first-order valence-corrected chi connectivity index (χ1v) is 23.3. The van der Waals surface area contributed by atoms with Crippen LogP contribution in [0.4, 0.5) is 0 Å². The van der Waals surface area contributed by atoms with E-state index in [-0.39, 0.29) is 48.2 Å². The first-order valence-electron chi connectivity index (χ1n) is 19.5. The molecule has 2 amide bonds. The van der Waals surface area contributed by atoms with E-state index in [1.807, 2.05) is 24.6 Å². The number of hydrogen-bond acceptors (Lipinski definition) is 11. The van der Waals surface area contributed by atoms with Gasteiger partial charge < -0.3 is 35.3 Å². The van der Waals surface area contributed by atoms with Crippen LogP contribution in [0.3, 0.4) is 0 Å². The van der Waals surface area contributed by atoms with Gasteiger partial charge in [0.2, 0.25) is 11.8 Å². The van der Waals surface area contributed by atoms with Crippen molar-refractivity contribution in [3.8, 4) is 5.75 Å². The minimum atomic E-state index is -1.30. The Bertz CT molecular complexity index is 1660. The van der Waals surface area contributed by atoms with Crippen LogP contribution in [0.1, 0.15) is 90.5 Å². The van der Waals surface area contributed by atoms with Crippen molar-refractivity contribution in [2.75, 3.05) is 32.7 Å². The summed E-state index contributed by atoms with van der Waals surface area (Å²) in [5, 5.41) is 19.0. The number of carboxylic acids is 1. The number of carbonyl (C=O) groups excluding carboxylic acids is 3. The number of epoxide rings is 1. The van der Waals surface area contributed by atoms with E-state index in [0.717, 1.165) is 25.1 Å². The van der Waals surface area contributed by atoms with Gasteiger partial charge in [-0.05, 0) is 106 Å². The Kier molecular flexibility index (Phi) is 22.1. The number of rotatable bonds is 24. The second-order valence-electron chi connectivity index (χ2n) is 16.0. The largest absolute Gasteiger partial charge is 0.495 e. The van der Waals surface area contributed by atoms with Crippen LogP contribution >= 0.6 is 45.8 Å². The lowest BCUT2D eigenvalue weighted by Crippen LogP contribution is -2.51. The SMILES string of the molecule is COc1ccc(C[C@@H](NC(=O)/C=C/CC[C@H](C)C2O[C@@H]2c2ccc(CNCC(C)(C)SSC)cc2)C(=O)NCC(C)(C)C(=O)O[C@@H](CC(C)C)C(=O)O)cc1Cl.CS. The number of thiol groups is 1. The summed E-state index contributed by atoms with van der Waals surface area (Å²) in [5.74, 6) is -2.22. The van der Waals surface area contributed by atoms with Gasteiger partial charge in [0.25, 0.3) is 0 Å². The van der Waals surface area contributed by atoms with Crippen LogP contribution in [0.15, 0.2) is 54.6 Å². The Morgan fingerprint density at radius 3 is 2.26 bits per heavy atom. The highest BCUT2D eigenvalue weighted by molar-refractivity contribution is 8.77. The van der Waals surface area contributed by atoms with Gasteiger partial charge in [-0.1, -0.05) is 90.4 Å². The van der Waals surface area contributed by atoms with Gasteiger partial charge in [0.15, 0.2) is 6.10 Å². The quantitative estimate of drug-likeness (QED) is 0.0229. The summed E-state index contributed by atoms with van der Waals surface area (Å²) in [6, 6.07) is 12.7. The van der Waals surface area contributed by atoms with E-state index in [4.69, 9.17) is 25.8 Å². The lowest BCUT2D eigenvalue weighted by atomic mass is 9.93. The number of halogens is 1. The second kappa shape index (κ2) is 25.0. The maximum Gasteiger partial charge on any atom is 0.345 e. The number of benzene rings is 2. The summed E-state index contributed by atoms with van der Waals surface area (Å²) in [5.41, 5.74) is 1.83. The standard InChI is InChI=1S/C42H60ClN3O8S2.CH4S/c1-26(2)20-34(39(49)50)53-40(51)41(4,5)24-45-38(48)32(22-29-16-19-33(52-8)31(43)21-29)46-35(47)13-11-10-12-27(3)36-37(54-36)30-17-14-28(15-18-30)23-44-25-42(6,7)56-55-9;1-2/h11,13-19,21,26-27,32,34,36-37,44H,10,12,20,22-25H2,1-9H3,(H,45,48)(H,46,47)(H,49,50);2H,1H3/b13-11+;/t27-,32+,34-,36?,37+;/m0./s1. The van der Waals surface area contributed by atoms with Crippen molar-refractivity contribution in [2.45, 2.75) is 110 Å². The molecule has 0 saturated carbocycles. The van der Waals surface area contributed by atoms with Crippen molar-refractivity contribution in [1.29, 1.82) is 0 Å². The van der Waals surface area contributed by atoms with Crippen molar-refractivity contribution in [2.24, 2.45) is 17.3 Å². The zero-order valence-corrected chi connectivity index (χ0v) is 38.8. The first-order chi connectivity index (χ1) is 27.3. The Morgan fingerprint density at radius 2 is 1.67 bits per heavy atom. The number of ether oxygens (including phenoxy) is 3. The van der Waals surface area contributed by atoms with E-state index in [2.05, 4.69) is 79.9 Å². The van der Waals surface area contributed by atoms with E-state index in [0.29, 0.717) is 22.8 Å². The lowest BCUT2D eigenvalue weighted by Gasteiger charge is -2.27. The molecule has 5 atom stereocenters. The number of amides is 2. The molecule has 1 aliphatic rings. The molecule has 0 spiro atoms. The Morgan fingerprint density at radius 1 is 1.02 bits per heavy atom. The molecule has 0 bridgehead atoms. The summed E-state index contributed by atoms with van der Waals surface area (Å²) in [6.45, 7) is 15.0. The molecule has 0 aromatic heterocycles. The highest BCUT2D eigenvalue weighted by Crippen LogP contribution is 2.44. The molecular formula is C43H64ClN3O8S3. The molecule has 58 heavy (non-hydrogen) atoms. The number of esters is 1. The zero-order valence-electron chi connectivity index (χ0n) is 35.6. The van der Waals surface area contributed by atoms with Crippen LogP contribution in [0.25, 0.3) is 0 Å². The number of aliphatic carboxylic acids is 1. The highest BCUT2D eigenvalue weighted by atomic mass is 35.5. The molecule has 15 heteroatoms. The van der Waals surface area contributed by atoms with E-state index in [1.54, 1.807) is 55.2 Å². The minimum Gasteiger partial charge on any atom is -0.495 e. The number of allylic oxidation sites excluding steroid dienone is 1. The van der Waals surface area contributed by atoms with Crippen LogP contribution in [-0.4, -0.2) is 84.6 Å². The summed E-state index contributed by atoms with van der Waals surface area (Å²) < 4.78 is 16.8. The van der Waals surface area contributed by atoms with Gasteiger partial charge in [0.1, 0.15) is 17.9 Å². The third-order valence-electron chi connectivity index (χ3n) is 9.40. The van der Waals surface area contributed by atoms with Gasteiger partial charge in [-0.3, -0.25) is 14.4 Å². The summed E-state index contributed by atoms with van der Waals surface area (Å²) in [4.78, 5) is 51.3. The van der Waals surface area contributed by atoms with Gasteiger partial charge in [-0.2, -0.15) is 12.6 Å². The van der Waals surface area contributed by atoms with Gasteiger partial charge in [-0.25, -0.2) is 4.79 Å². The second-order valence-corrected chi connectivity index (χ2v) is 19.5. The first kappa shape index (κ1) is 51.3. The number of carbonyl (C=O) groups is 4. The van der Waals surface area contributed by atoms with Crippen LogP contribution in [0.5, 0.6) is 5.75 Å². The van der Waals surface area contributed by atoms with Crippen molar-refractivity contribution < 1.29 is 38.5 Å². The van der Waals surface area contributed by atoms with Crippen molar-refractivity contribution >= 4 is 69.6 Å². The third-order valence-corrected chi connectivity index (χ3v) is 12.3. The van der Waals surface area contributed by atoms with Crippen molar-refractivity contribution in [1.82, 2.24) is 16.0 Å². The van der Waals surface area contributed by atoms with Crippen LogP contribution < -0.4 is 20.7 Å². The van der Waals surface area contributed by atoms with Gasteiger partial charge >= 0.3 is 11.9 Å². The molecular weight excluding hydrogens is 818 g/mol. The maximum atomic E-state index is 13.5. The van der Waals surface area contributed by atoms with Crippen LogP contribution in [-0.2, 0) is 41.6 Å². The summed E-state index contributed by atoms with van der Waals surface area (Å²) in [7, 11) is 5.16. The fourth-order valence-electron chi connectivity index (χ4n) is 6.05. The summed E-state index contributed by atoms with van der Waals surface area (Å²) >= 11 is 9.87. The van der Waals surface area contributed by atoms with Crippen molar-refractivity contribution in [3.05, 3.63) is 76.3 Å². The van der Waals surface area contributed by atoms with E-state index in [9.17, 15) is 24.3 Å². The topological polar surface area (TPSA) is 156 Å². The number of nitrogens with one attached hydrogen (secondary N) is 3. The molecule has 324 valence electrons. The van der Waals surface area contributed by atoms with E-state index < -0.39 is 41.3 Å². The third kappa shape index (κ3) is 17.8. The molecule has 4 N–H and O–H groups in total. The average Bonchev–Trinajstić information content (AvgIpc) is 3.97. The molecule has 1 heterocycles. The Labute approximate surface area is 364 Å². The number of hydrogen-bond donors (Lipinski definition) is 5. The number of carboxylic acid groups (broad SMARTS) is 1. The predicted molar refractivity (Wildman–Crippen MR) is 241 cm³/mol. The molecule has 0 radical (unpaired) electrons. The van der Waals surface area contributed by atoms with E-state index in [1.165, 1.54) is 18.7 Å². The minimum absolute atomic E-state index is 0.00607. The normalized spacial score (nSPS) is 16.8. The monoisotopic (exact) mass is 881 g/mol. The Balaban J connectivity index is 0.00000571. The summed E-state index contributed by atoms with van der Waals surface area (Å²) in [6.07, 6.45) is 7.62. The molecule has 3 rings (SSSR count). The number of methoxy groups -OCH3 is 1.